The Morgan fingerprint density at radius 1 is 1.12 bits per heavy atom. The zero-order valence-electron chi connectivity index (χ0n) is 14.5. The van der Waals surface area contributed by atoms with Crippen molar-refractivity contribution in [2.24, 2.45) is 5.92 Å². The quantitative estimate of drug-likeness (QED) is 0.893. The van der Waals surface area contributed by atoms with Crippen LogP contribution >= 0.6 is 0 Å². The molecule has 2 N–H and O–H groups in total. The first-order valence-corrected chi connectivity index (χ1v) is 9.76. The minimum atomic E-state index is -0.227. The SMILES string of the molecule is O=C(Cc1n[nH]c2c1CCCC2)N1CCC[C@@H]1[C@H]1CCCC[C@H]1O. The average molecular weight is 331 g/mol. The predicted octanol–water partition coefficient (Wildman–Crippen LogP) is 2.37. The second kappa shape index (κ2) is 6.87. The highest BCUT2D eigenvalue weighted by Gasteiger charge is 2.39. The van der Waals surface area contributed by atoms with E-state index in [1.165, 1.54) is 30.5 Å². The molecule has 5 heteroatoms. The number of aryl methyl sites for hydroxylation is 1. The molecule has 1 saturated heterocycles. The fraction of sp³-hybridized carbons (Fsp3) is 0.789. The molecule has 0 spiro atoms. The number of H-pyrrole nitrogens is 1. The van der Waals surface area contributed by atoms with Crippen molar-refractivity contribution in [1.29, 1.82) is 0 Å². The number of fused-ring (bicyclic) bond motifs is 1. The summed E-state index contributed by atoms with van der Waals surface area (Å²) in [5.74, 6) is 0.480. The Morgan fingerprint density at radius 3 is 2.83 bits per heavy atom. The third kappa shape index (κ3) is 2.99. The molecule has 1 aromatic rings. The van der Waals surface area contributed by atoms with Crippen molar-refractivity contribution in [2.45, 2.75) is 82.8 Å². The number of aromatic nitrogens is 2. The Bertz CT molecular complexity index is 597. The lowest BCUT2D eigenvalue weighted by Gasteiger charge is -2.37. The van der Waals surface area contributed by atoms with Gasteiger partial charge in [-0.1, -0.05) is 12.8 Å². The number of carbonyl (C=O) groups excluding carboxylic acids is 1. The maximum Gasteiger partial charge on any atom is 0.228 e. The van der Waals surface area contributed by atoms with E-state index >= 15 is 0 Å². The Hall–Kier alpha value is -1.36. The minimum Gasteiger partial charge on any atom is -0.393 e. The first-order valence-electron chi connectivity index (χ1n) is 9.76. The average Bonchev–Trinajstić information content (AvgIpc) is 3.23. The number of aliphatic hydroxyl groups excluding tert-OH is 1. The van der Waals surface area contributed by atoms with Gasteiger partial charge in [0.2, 0.25) is 5.91 Å². The molecule has 5 nitrogen and oxygen atoms in total. The lowest BCUT2D eigenvalue weighted by atomic mass is 9.80. The molecule has 0 aromatic carbocycles. The Balaban J connectivity index is 1.46. The van der Waals surface area contributed by atoms with Crippen molar-refractivity contribution in [2.75, 3.05) is 6.54 Å². The Kier molecular flexibility index (Phi) is 4.61. The molecule has 3 aliphatic rings. The number of nitrogens with one attached hydrogen (secondary N) is 1. The number of aromatic amines is 1. The van der Waals surface area contributed by atoms with Gasteiger partial charge in [0.15, 0.2) is 0 Å². The van der Waals surface area contributed by atoms with Crippen LogP contribution < -0.4 is 0 Å². The second-order valence-electron chi connectivity index (χ2n) is 7.82. The highest BCUT2D eigenvalue weighted by atomic mass is 16.3. The van der Waals surface area contributed by atoms with Crippen LogP contribution in [0.3, 0.4) is 0 Å². The van der Waals surface area contributed by atoms with E-state index < -0.39 is 0 Å². The molecule has 1 aliphatic heterocycles. The lowest BCUT2D eigenvalue weighted by Crippen LogP contribution is -2.45. The van der Waals surface area contributed by atoms with Crippen molar-refractivity contribution in [1.82, 2.24) is 15.1 Å². The molecule has 1 aromatic heterocycles. The molecule has 0 bridgehead atoms. The summed E-state index contributed by atoms with van der Waals surface area (Å²) < 4.78 is 0. The van der Waals surface area contributed by atoms with Crippen molar-refractivity contribution in [3.05, 3.63) is 17.0 Å². The van der Waals surface area contributed by atoms with Crippen molar-refractivity contribution >= 4 is 5.91 Å². The normalized spacial score (nSPS) is 30.4. The standard InChI is InChI=1S/C19H29N3O2/c23-18-10-4-2-7-14(18)17-9-5-11-22(17)19(24)12-16-13-6-1-3-8-15(13)20-21-16/h14,17-18,23H,1-12H2,(H,20,21)/t14-,17-,18-/m1/s1. The number of hydrogen-bond donors (Lipinski definition) is 2. The van der Waals surface area contributed by atoms with Crippen molar-refractivity contribution in [3.8, 4) is 0 Å². The van der Waals surface area contributed by atoms with E-state index in [1.54, 1.807) is 0 Å². The van der Waals surface area contributed by atoms with Crippen LogP contribution in [-0.4, -0.2) is 44.8 Å². The summed E-state index contributed by atoms with van der Waals surface area (Å²) in [5, 5.41) is 18.0. The van der Waals surface area contributed by atoms with Gasteiger partial charge in [0.05, 0.1) is 18.2 Å². The highest BCUT2D eigenvalue weighted by Crippen LogP contribution is 2.35. The molecule has 2 aliphatic carbocycles. The van der Waals surface area contributed by atoms with Crippen LogP contribution in [0.15, 0.2) is 0 Å². The molecule has 2 heterocycles. The molecule has 2 fully saturated rings. The number of rotatable bonds is 3. The summed E-state index contributed by atoms with van der Waals surface area (Å²) in [6.45, 7) is 0.847. The molecule has 132 valence electrons. The van der Waals surface area contributed by atoms with Gasteiger partial charge in [-0.25, -0.2) is 0 Å². The van der Waals surface area contributed by atoms with Crippen LogP contribution in [-0.2, 0) is 24.1 Å². The third-order valence-electron chi connectivity index (χ3n) is 6.36. The van der Waals surface area contributed by atoms with E-state index in [0.29, 0.717) is 6.42 Å². The molecule has 0 radical (unpaired) electrons. The predicted molar refractivity (Wildman–Crippen MR) is 91.6 cm³/mol. The molecule has 3 atom stereocenters. The number of hydrogen-bond acceptors (Lipinski definition) is 3. The molecule has 1 amide bonds. The van der Waals surface area contributed by atoms with E-state index in [-0.39, 0.29) is 24.0 Å². The smallest absolute Gasteiger partial charge is 0.228 e. The zero-order valence-corrected chi connectivity index (χ0v) is 14.5. The van der Waals surface area contributed by atoms with Gasteiger partial charge in [-0.05, 0) is 56.9 Å². The summed E-state index contributed by atoms with van der Waals surface area (Å²) in [6, 6.07) is 0.238. The Morgan fingerprint density at radius 2 is 1.96 bits per heavy atom. The highest BCUT2D eigenvalue weighted by molar-refractivity contribution is 5.79. The molecule has 24 heavy (non-hydrogen) atoms. The molecular formula is C19H29N3O2. The van der Waals surface area contributed by atoms with Gasteiger partial charge in [0, 0.05) is 24.2 Å². The lowest BCUT2D eigenvalue weighted by molar-refractivity contribution is -0.133. The van der Waals surface area contributed by atoms with E-state index in [2.05, 4.69) is 15.1 Å². The fourth-order valence-electron chi connectivity index (χ4n) is 5.08. The Labute approximate surface area is 143 Å². The van der Waals surface area contributed by atoms with Gasteiger partial charge in [-0.3, -0.25) is 9.89 Å². The van der Waals surface area contributed by atoms with Gasteiger partial charge >= 0.3 is 0 Å². The number of carbonyl (C=O) groups is 1. The number of likely N-dealkylation sites (tertiary alicyclic amines) is 1. The van der Waals surface area contributed by atoms with Gasteiger partial charge in [0.25, 0.3) is 0 Å². The van der Waals surface area contributed by atoms with Gasteiger partial charge in [0.1, 0.15) is 0 Å². The summed E-state index contributed by atoms with van der Waals surface area (Å²) in [4.78, 5) is 15.0. The summed E-state index contributed by atoms with van der Waals surface area (Å²) >= 11 is 0. The van der Waals surface area contributed by atoms with Crippen LogP contribution in [0.5, 0.6) is 0 Å². The first kappa shape index (κ1) is 16.1. The number of nitrogens with zero attached hydrogens (tertiary/aromatic N) is 2. The number of aliphatic hydroxyl groups is 1. The summed E-state index contributed by atoms with van der Waals surface area (Å²) in [6.07, 6.45) is 11.1. The van der Waals surface area contributed by atoms with Crippen molar-refractivity contribution in [3.63, 3.8) is 0 Å². The van der Waals surface area contributed by atoms with E-state index in [0.717, 1.165) is 57.2 Å². The first-order chi connectivity index (χ1) is 11.7. The van der Waals surface area contributed by atoms with Crippen LogP contribution in [0.4, 0.5) is 0 Å². The van der Waals surface area contributed by atoms with Gasteiger partial charge in [-0.15, -0.1) is 0 Å². The zero-order chi connectivity index (χ0) is 16.5. The van der Waals surface area contributed by atoms with E-state index in [4.69, 9.17) is 0 Å². The van der Waals surface area contributed by atoms with E-state index in [9.17, 15) is 9.90 Å². The van der Waals surface area contributed by atoms with Crippen LogP contribution in [0.2, 0.25) is 0 Å². The monoisotopic (exact) mass is 331 g/mol. The fourth-order valence-corrected chi connectivity index (χ4v) is 5.08. The maximum atomic E-state index is 12.9. The number of amides is 1. The molecular weight excluding hydrogens is 302 g/mol. The van der Waals surface area contributed by atoms with Crippen LogP contribution in [0.25, 0.3) is 0 Å². The largest absolute Gasteiger partial charge is 0.393 e. The molecule has 1 saturated carbocycles. The van der Waals surface area contributed by atoms with Gasteiger partial charge in [-0.2, -0.15) is 5.10 Å². The van der Waals surface area contributed by atoms with Crippen LogP contribution in [0.1, 0.15) is 68.3 Å². The third-order valence-corrected chi connectivity index (χ3v) is 6.36. The second-order valence-corrected chi connectivity index (χ2v) is 7.82. The minimum absolute atomic E-state index is 0.204. The molecule has 0 unspecified atom stereocenters. The molecule has 4 rings (SSSR count). The van der Waals surface area contributed by atoms with Crippen LogP contribution in [0, 0.1) is 5.92 Å². The summed E-state index contributed by atoms with van der Waals surface area (Å²) in [5.41, 5.74) is 3.50. The van der Waals surface area contributed by atoms with E-state index in [1.807, 2.05) is 0 Å². The summed E-state index contributed by atoms with van der Waals surface area (Å²) in [7, 11) is 0. The maximum absolute atomic E-state index is 12.9. The topological polar surface area (TPSA) is 69.2 Å². The van der Waals surface area contributed by atoms with Gasteiger partial charge < -0.3 is 10.0 Å². The van der Waals surface area contributed by atoms with Crippen molar-refractivity contribution < 1.29 is 9.90 Å².